The molecule has 8 nitrogen and oxygen atoms in total. The fourth-order valence-electron chi connectivity index (χ4n) is 5.98. The van der Waals surface area contributed by atoms with Gasteiger partial charge in [-0.2, -0.15) is 17.9 Å². The van der Waals surface area contributed by atoms with Gasteiger partial charge in [0.1, 0.15) is 5.75 Å². The Morgan fingerprint density at radius 2 is 1.95 bits per heavy atom. The van der Waals surface area contributed by atoms with Crippen LogP contribution in [0, 0.1) is 0 Å². The summed E-state index contributed by atoms with van der Waals surface area (Å²) in [4.78, 5) is 4.71. The highest BCUT2D eigenvalue weighted by atomic mass is 19.4. The Hall–Kier alpha value is -3.02. The number of likely N-dealkylation sites (N-methyl/N-ethyl adjacent to an activating group) is 1. The van der Waals surface area contributed by atoms with Gasteiger partial charge in [-0.1, -0.05) is 30.3 Å². The van der Waals surface area contributed by atoms with Crippen molar-refractivity contribution in [2.45, 2.75) is 43.0 Å². The molecule has 3 atom stereocenters. The Kier molecular flexibility index (Phi) is 7.43. The van der Waals surface area contributed by atoms with Gasteiger partial charge in [-0.25, -0.2) is 0 Å². The third-order valence-corrected chi connectivity index (χ3v) is 7.64. The molecular formula is C27H33F3N6O2. The number of tetrazole rings is 1. The molecule has 0 amide bonds. The molecule has 2 saturated heterocycles. The normalized spacial score (nSPS) is 24.4. The molecule has 5 rings (SSSR count). The minimum atomic E-state index is -4.68. The van der Waals surface area contributed by atoms with E-state index in [9.17, 15) is 13.2 Å². The first-order valence-electron chi connectivity index (χ1n) is 12.8. The van der Waals surface area contributed by atoms with E-state index in [1.807, 2.05) is 6.07 Å². The third-order valence-electron chi connectivity index (χ3n) is 7.64. The maximum absolute atomic E-state index is 13.5. The smallest absolute Gasteiger partial charge is 0.453 e. The topological polar surface area (TPSA) is 68.5 Å². The van der Waals surface area contributed by atoms with E-state index in [1.165, 1.54) is 11.6 Å². The molecule has 0 unspecified atom stereocenters. The number of methoxy groups -OCH3 is 1. The van der Waals surface area contributed by atoms with E-state index in [1.54, 1.807) is 19.2 Å². The number of likely N-dealkylation sites (tertiary alicyclic amines) is 1. The van der Waals surface area contributed by atoms with Crippen molar-refractivity contribution >= 4 is 0 Å². The standard InChI is InChI=1S/C27H33F3N6O2/c1-34(2)14-15-35-13-7-12-26(24(35)19-8-5-4-6-9-19)17-20(18-38-26)22-16-21(10-11-23(22)37-3)36-25(27(28,29)30)31-32-33-36/h4-6,8-11,16,20,24H,7,12-15,17-18H2,1-3H3/t20-,24+,26-/m1/s1. The Labute approximate surface area is 220 Å². The van der Waals surface area contributed by atoms with E-state index in [0.717, 1.165) is 49.1 Å². The summed E-state index contributed by atoms with van der Waals surface area (Å²) in [5, 5.41) is 10.1. The molecule has 3 heterocycles. The quantitative estimate of drug-likeness (QED) is 0.451. The summed E-state index contributed by atoms with van der Waals surface area (Å²) in [6.07, 6.45) is -2.02. The highest BCUT2D eigenvalue weighted by Crippen LogP contribution is 2.52. The lowest BCUT2D eigenvalue weighted by atomic mass is 9.75. The molecule has 1 aromatic heterocycles. The van der Waals surface area contributed by atoms with Crippen LogP contribution in [-0.4, -0.2) is 83.1 Å². The summed E-state index contributed by atoms with van der Waals surface area (Å²) in [5.41, 5.74) is 1.83. The van der Waals surface area contributed by atoms with Gasteiger partial charge >= 0.3 is 6.18 Å². The number of ether oxygens (including phenoxy) is 2. The lowest BCUT2D eigenvalue weighted by Crippen LogP contribution is -2.52. The highest BCUT2D eigenvalue weighted by Gasteiger charge is 2.51. The number of hydrogen-bond donors (Lipinski definition) is 0. The van der Waals surface area contributed by atoms with E-state index < -0.39 is 17.6 Å². The highest BCUT2D eigenvalue weighted by molar-refractivity contribution is 5.47. The zero-order valence-electron chi connectivity index (χ0n) is 21.9. The molecule has 0 radical (unpaired) electrons. The molecule has 2 aliphatic rings. The largest absolute Gasteiger partial charge is 0.496 e. The molecular weight excluding hydrogens is 497 g/mol. The molecule has 11 heteroatoms. The predicted octanol–water partition coefficient (Wildman–Crippen LogP) is 4.33. The van der Waals surface area contributed by atoms with Gasteiger partial charge < -0.3 is 14.4 Å². The summed E-state index contributed by atoms with van der Waals surface area (Å²) in [6.45, 7) is 3.29. The Morgan fingerprint density at radius 1 is 1.16 bits per heavy atom. The van der Waals surface area contributed by atoms with Gasteiger partial charge in [0.2, 0.25) is 0 Å². The van der Waals surface area contributed by atoms with Gasteiger partial charge in [0.25, 0.3) is 5.82 Å². The molecule has 204 valence electrons. The van der Waals surface area contributed by atoms with Crippen molar-refractivity contribution in [3.8, 4) is 11.4 Å². The average molecular weight is 531 g/mol. The van der Waals surface area contributed by atoms with Crippen molar-refractivity contribution in [1.29, 1.82) is 0 Å². The molecule has 38 heavy (non-hydrogen) atoms. The maximum atomic E-state index is 13.5. The second kappa shape index (κ2) is 10.6. The second-order valence-electron chi connectivity index (χ2n) is 10.4. The van der Waals surface area contributed by atoms with Crippen LogP contribution < -0.4 is 4.74 Å². The number of hydrogen-bond acceptors (Lipinski definition) is 7. The van der Waals surface area contributed by atoms with Crippen molar-refractivity contribution in [2.75, 3.05) is 47.4 Å². The molecule has 2 aromatic carbocycles. The van der Waals surface area contributed by atoms with E-state index >= 15 is 0 Å². The first-order valence-corrected chi connectivity index (χ1v) is 12.8. The van der Waals surface area contributed by atoms with Crippen LogP contribution in [0.3, 0.4) is 0 Å². The van der Waals surface area contributed by atoms with Crippen LogP contribution in [0.1, 0.15) is 48.2 Å². The van der Waals surface area contributed by atoms with E-state index in [-0.39, 0.29) is 17.6 Å². The zero-order chi connectivity index (χ0) is 26.9. The van der Waals surface area contributed by atoms with Gasteiger partial charge in [-0.05, 0) is 74.1 Å². The van der Waals surface area contributed by atoms with Gasteiger partial charge in [-0.15, -0.1) is 5.10 Å². The lowest BCUT2D eigenvalue weighted by Gasteiger charge is -2.48. The third kappa shape index (κ3) is 5.14. The van der Waals surface area contributed by atoms with E-state index in [2.05, 4.69) is 63.7 Å². The van der Waals surface area contributed by atoms with E-state index in [4.69, 9.17) is 9.47 Å². The van der Waals surface area contributed by atoms with Crippen molar-refractivity contribution in [3.05, 3.63) is 65.5 Å². The fourth-order valence-corrected chi connectivity index (χ4v) is 5.98. The lowest BCUT2D eigenvalue weighted by molar-refractivity contribution is -0.146. The van der Waals surface area contributed by atoms with Crippen LogP contribution in [0.25, 0.3) is 5.69 Å². The van der Waals surface area contributed by atoms with Crippen LogP contribution in [0.2, 0.25) is 0 Å². The fraction of sp³-hybridized carbons (Fsp3) is 0.519. The number of rotatable bonds is 7. The Balaban J connectivity index is 1.49. The van der Waals surface area contributed by atoms with Crippen molar-refractivity contribution in [1.82, 2.24) is 30.0 Å². The molecule has 0 N–H and O–H groups in total. The van der Waals surface area contributed by atoms with Crippen LogP contribution in [0.4, 0.5) is 13.2 Å². The minimum Gasteiger partial charge on any atom is -0.496 e. The van der Waals surface area contributed by atoms with Gasteiger partial charge in [0.15, 0.2) is 0 Å². The second-order valence-corrected chi connectivity index (χ2v) is 10.4. The van der Waals surface area contributed by atoms with Crippen molar-refractivity contribution < 1.29 is 22.6 Å². The van der Waals surface area contributed by atoms with Gasteiger partial charge in [0, 0.05) is 24.6 Å². The first-order chi connectivity index (χ1) is 18.2. The number of benzene rings is 2. The Morgan fingerprint density at radius 3 is 2.66 bits per heavy atom. The average Bonchev–Trinajstić information content (AvgIpc) is 3.56. The predicted molar refractivity (Wildman–Crippen MR) is 135 cm³/mol. The number of aromatic nitrogens is 4. The van der Waals surface area contributed by atoms with Crippen LogP contribution in [0.5, 0.6) is 5.75 Å². The van der Waals surface area contributed by atoms with Gasteiger partial charge in [-0.3, -0.25) is 4.90 Å². The monoisotopic (exact) mass is 530 g/mol. The Bertz CT molecular complexity index is 1240. The SMILES string of the molecule is COc1ccc(-n2nnnc2C(F)(F)F)cc1[C@H]1CO[C@]2(CCCN(CCN(C)C)[C@H]2c2ccccc2)C1. The zero-order valence-corrected chi connectivity index (χ0v) is 21.9. The number of nitrogens with zero attached hydrogens (tertiary/aromatic N) is 6. The molecule has 3 aromatic rings. The molecule has 0 saturated carbocycles. The molecule has 1 spiro atoms. The number of halogens is 3. The molecule has 2 fully saturated rings. The summed E-state index contributed by atoms with van der Waals surface area (Å²) in [7, 11) is 5.72. The number of alkyl halides is 3. The summed E-state index contributed by atoms with van der Waals surface area (Å²) >= 11 is 0. The van der Waals surface area contributed by atoms with Crippen molar-refractivity contribution in [2.24, 2.45) is 0 Å². The summed E-state index contributed by atoms with van der Waals surface area (Å²) in [5.74, 6) is -0.617. The maximum Gasteiger partial charge on any atom is 0.453 e. The van der Waals surface area contributed by atoms with Gasteiger partial charge in [0.05, 0.1) is 31.0 Å². The van der Waals surface area contributed by atoms with Crippen LogP contribution in [-0.2, 0) is 10.9 Å². The summed E-state index contributed by atoms with van der Waals surface area (Å²) < 4.78 is 53.6. The molecule has 0 bridgehead atoms. The molecule has 2 aliphatic heterocycles. The van der Waals surface area contributed by atoms with E-state index in [0.29, 0.717) is 12.4 Å². The minimum absolute atomic E-state index is 0.0595. The van der Waals surface area contributed by atoms with Crippen LogP contribution >= 0.6 is 0 Å². The summed E-state index contributed by atoms with van der Waals surface area (Å²) in [6, 6.07) is 15.5. The molecule has 0 aliphatic carbocycles. The van der Waals surface area contributed by atoms with Crippen LogP contribution in [0.15, 0.2) is 48.5 Å². The first kappa shape index (κ1) is 26.6. The van der Waals surface area contributed by atoms with Crippen molar-refractivity contribution in [3.63, 3.8) is 0 Å². The number of piperidine rings is 1.